The van der Waals surface area contributed by atoms with Gasteiger partial charge in [-0.05, 0) is 103 Å². The molecule has 7 aromatic carbocycles. The second-order valence-electron chi connectivity index (χ2n) is 18.7. The maximum atomic E-state index is 2.55. The van der Waals surface area contributed by atoms with Crippen molar-refractivity contribution in [1.29, 1.82) is 0 Å². The fourth-order valence-electron chi connectivity index (χ4n) is 9.99. The van der Waals surface area contributed by atoms with Crippen molar-refractivity contribution < 1.29 is 0 Å². The molecule has 0 unspecified atom stereocenters. The van der Waals surface area contributed by atoms with Crippen molar-refractivity contribution in [2.45, 2.75) is 77.8 Å². The monoisotopic (exact) mass is 736 g/mol. The zero-order valence-corrected chi connectivity index (χ0v) is 35.6. The molecule has 0 saturated carbocycles. The Morgan fingerprint density at radius 2 is 0.630 bits per heavy atom. The van der Waals surface area contributed by atoms with Crippen LogP contribution in [0.3, 0.4) is 0 Å². The molecule has 9 rings (SSSR count). The molecule has 0 saturated heterocycles. The van der Waals surface area contributed by atoms with Crippen molar-refractivity contribution in [2.24, 2.45) is 0 Å². The van der Waals surface area contributed by atoms with Crippen LogP contribution < -0.4 is 20.2 Å². The lowest BCUT2D eigenvalue weighted by atomic mass is 9.73. The first-order valence-electron chi connectivity index (χ1n) is 19.6. The number of para-hydroxylation sites is 4. The van der Waals surface area contributed by atoms with Gasteiger partial charge in [0, 0.05) is 22.2 Å². The molecule has 0 aliphatic carbocycles. The highest BCUT2D eigenvalue weighted by Crippen LogP contribution is 2.53. The number of fused-ring (bicyclic) bond motifs is 6. The van der Waals surface area contributed by atoms with E-state index in [4.69, 9.17) is 0 Å². The quantitative estimate of drug-likeness (QED) is 0.131. The summed E-state index contributed by atoms with van der Waals surface area (Å²) in [6.45, 7) is 24.7. The summed E-state index contributed by atoms with van der Waals surface area (Å²) in [6.07, 6.45) is 0. The molecule has 0 N–H and O–H groups in total. The van der Waals surface area contributed by atoms with Gasteiger partial charge in [0.2, 0.25) is 0 Å². The average Bonchev–Trinajstić information content (AvgIpc) is 3.13. The van der Waals surface area contributed by atoms with Gasteiger partial charge in [0.15, 0.2) is 0 Å². The standard InChI is InChI=1S/C50H52N2Si2/c1-49(2)39-19-11-15-23-43(39)51(44-24-16-12-20-40(44)49)33-27-29-35-37(31-33)47(53(5,6)7)36-30-28-34(32-38(36)48(35)54(8,9)10)52-45-25-17-13-21-41(45)50(3,4)42-22-14-18-26-46(42)52/h11-32H,1-10H3. The van der Waals surface area contributed by atoms with Gasteiger partial charge in [-0.1, -0.05) is 152 Å². The molecule has 0 fully saturated rings. The molecule has 2 heterocycles. The predicted octanol–water partition coefficient (Wildman–Crippen LogP) is 13.3. The fraction of sp³-hybridized carbons (Fsp3) is 0.240. The third-order valence-corrected chi connectivity index (χ3v) is 16.5. The first-order chi connectivity index (χ1) is 25.6. The van der Waals surface area contributed by atoms with Gasteiger partial charge < -0.3 is 9.80 Å². The highest BCUT2D eigenvalue weighted by molar-refractivity contribution is 6.95. The van der Waals surface area contributed by atoms with Crippen LogP contribution in [-0.4, -0.2) is 16.1 Å². The lowest BCUT2D eigenvalue weighted by Gasteiger charge is -2.42. The van der Waals surface area contributed by atoms with E-state index in [1.165, 1.54) is 77.9 Å². The smallest absolute Gasteiger partial charge is 0.0792 e. The van der Waals surface area contributed by atoms with E-state index < -0.39 is 16.1 Å². The van der Waals surface area contributed by atoms with Crippen molar-refractivity contribution in [3.63, 3.8) is 0 Å². The highest BCUT2D eigenvalue weighted by Gasteiger charge is 2.39. The summed E-state index contributed by atoms with van der Waals surface area (Å²) in [5, 5.41) is 8.84. The third-order valence-electron chi connectivity index (χ3n) is 12.4. The van der Waals surface area contributed by atoms with Crippen LogP contribution in [0.1, 0.15) is 49.9 Å². The molecule has 270 valence electrons. The van der Waals surface area contributed by atoms with Crippen LogP contribution in [0.5, 0.6) is 0 Å². The second kappa shape index (κ2) is 11.8. The summed E-state index contributed by atoms with van der Waals surface area (Å²) in [7, 11) is -3.78. The Bertz CT molecular complexity index is 2370. The lowest BCUT2D eigenvalue weighted by Crippen LogP contribution is -2.44. The summed E-state index contributed by atoms with van der Waals surface area (Å²) >= 11 is 0. The van der Waals surface area contributed by atoms with Gasteiger partial charge in [0.05, 0.1) is 38.9 Å². The van der Waals surface area contributed by atoms with Gasteiger partial charge in [-0.25, -0.2) is 0 Å². The number of benzene rings is 7. The Morgan fingerprint density at radius 3 is 0.907 bits per heavy atom. The zero-order chi connectivity index (χ0) is 37.9. The van der Waals surface area contributed by atoms with Crippen LogP contribution in [0.2, 0.25) is 39.3 Å². The van der Waals surface area contributed by atoms with Crippen molar-refractivity contribution >= 4 is 82.2 Å². The van der Waals surface area contributed by atoms with Crippen LogP contribution in [0, 0.1) is 0 Å². The topological polar surface area (TPSA) is 6.48 Å². The SMILES string of the molecule is CC1(C)c2ccccc2N(c2ccc3c([Si](C)(C)C)c4cc(N5c6ccccc6C(C)(C)c6ccccc65)ccc4c([Si](C)(C)C)c3c2)c2ccccc21. The van der Waals surface area contributed by atoms with Crippen molar-refractivity contribution in [3.8, 4) is 0 Å². The Morgan fingerprint density at radius 1 is 0.352 bits per heavy atom. The fourth-order valence-corrected chi connectivity index (χ4v) is 14.1. The molecule has 0 atom stereocenters. The third kappa shape index (κ3) is 5.03. The van der Waals surface area contributed by atoms with E-state index in [1.807, 2.05) is 0 Å². The van der Waals surface area contributed by atoms with Gasteiger partial charge >= 0.3 is 0 Å². The molecule has 2 nitrogen and oxygen atoms in total. The Balaban J connectivity index is 1.33. The van der Waals surface area contributed by atoms with Crippen LogP contribution >= 0.6 is 0 Å². The number of hydrogen-bond acceptors (Lipinski definition) is 2. The molecule has 2 aliphatic heterocycles. The average molecular weight is 737 g/mol. The molecule has 0 aromatic heterocycles. The number of rotatable bonds is 4. The number of nitrogens with zero attached hydrogens (tertiary/aromatic N) is 2. The normalized spacial score (nSPS) is 15.8. The molecule has 0 spiro atoms. The predicted molar refractivity (Wildman–Crippen MR) is 241 cm³/mol. The minimum Gasteiger partial charge on any atom is -0.310 e. The second-order valence-corrected chi connectivity index (χ2v) is 28.7. The molecule has 0 bridgehead atoms. The Kier molecular flexibility index (Phi) is 7.61. The van der Waals surface area contributed by atoms with Crippen molar-refractivity contribution in [1.82, 2.24) is 0 Å². The lowest BCUT2D eigenvalue weighted by molar-refractivity contribution is 0.632. The number of anilines is 6. The van der Waals surface area contributed by atoms with Crippen LogP contribution in [0.4, 0.5) is 34.1 Å². The molecule has 54 heavy (non-hydrogen) atoms. The van der Waals surface area contributed by atoms with Crippen molar-refractivity contribution in [2.75, 3.05) is 9.80 Å². The van der Waals surface area contributed by atoms with Gasteiger partial charge in [-0.15, -0.1) is 0 Å². The molecule has 0 radical (unpaired) electrons. The van der Waals surface area contributed by atoms with Crippen LogP contribution in [-0.2, 0) is 10.8 Å². The van der Waals surface area contributed by atoms with Gasteiger partial charge in [0.25, 0.3) is 0 Å². The molecule has 4 heteroatoms. The first-order valence-corrected chi connectivity index (χ1v) is 26.6. The van der Waals surface area contributed by atoms with Crippen LogP contribution in [0.25, 0.3) is 21.5 Å². The zero-order valence-electron chi connectivity index (χ0n) is 33.6. The summed E-state index contributed by atoms with van der Waals surface area (Å²) in [5.41, 5.74) is 12.9. The Labute approximate surface area is 324 Å². The van der Waals surface area contributed by atoms with Gasteiger partial charge in [0.1, 0.15) is 0 Å². The van der Waals surface area contributed by atoms with E-state index in [-0.39, 0.29) is 10.8 Å². The maximum absolute atomic E-state index is 2.55. The molecular weight excluding hydrogens is 685 g/mol. The van der Waals surface area contributed by atoms with E-state index in [0.29, 0.717) is 0 Å². The largest absolute Gasteiger partial charge is 0.310 e. The van der Waals surface area contributed by atoms with E-state index in [2.05, 4.69) is 210 Å². The molecular formula is C50H52N2Si2. The summed E-state index contributed by atoms with van der Waals surface area (Å²) in [4.78, 5) is 5.05. The van der Waals surface area contributed by atoms with E-state index in [0.717, 1.165) is 0 Å². The molecule has 7 aromatic rings. The maximum Gasteiger partial charge on any atom is 0.0792 e. The summed E-state index contributed by atoms with van der Waals surface area (Å²) < 4.78 is 0. The minimum atomic E-state index is -1.89. The van der Waals surface area contributed by atoms with Gasteiger partial charge in [-0.2, -0.15) is 0 Å². The minimum absolute atomic E-state index is 0.0892. The highest BCUT2D eigenvalue weighted by atomic mass is 28.3. The summed E-state index contributed by atoms with van der Waals surface area (Å²) in [5.74, 6) is 0. The first kappa shape index (κ1) is 34.8. The van der Waals surface area contributed by atoms with Crippen LogP contribution in [0.15, 0.2) is 133 Å². The van der Waals surface area contributed by atoms with Crippen molar-refractivity contribution in [3.05, 3.63) is 156 Å². The van der Waals surface area contributed by atoms with E-state index >= 15 is 0 Å². The molecule has 0 amide bonds. The Hall–Kier alpha value is -4.91. The molecule has 2 aliphatic rings. The summed E-state index contributed by atoms with van der Waals surface area (Å²) in [6, 6.07) is 50.9. The number of hydrogen-bond donors (Lipinski definition) is 0. The van der Waals surface area contributed by atoms with Gasteiger partial charge in [-0.3, -0.25) is 0 Å². The van der Waals surface area contributed by atoms with E-state index in [9.17, 15) is 0 Å². The van der Waals surface area contributed by atoms with E-state index in [1.54, 1.807) is 10.4 Å².